The quantitative estimate of drug-likeness (QED) is 0.593. The molecule has 0 aromatic rings. The smallest absolute Gasteiger partial charge is 0.351 e. The van der Waals surface area contributed by atoms with Crippen molar-refractivity contribution >= 4 is 7.82 Å². The number of rotatable bonds is 6. The molecule has 116 valence electrons. The van der Waals surface area contributed by atoms with E-state index in [-0.39, 0.29) is 23.7 Å². The van der Waals surface area contributed by atoms with Gasteiger partial charge in [-0.25, -0.2) is 4.57 Å². The van der Waals surface area contributed by atoms with Gasteiger partial charge in [-0.3, -0.25) is 9.05 Å². The van der Waals surface area contributed by atoms with E-state index in [0.29, 0.717) is 0 Å². The van der Waals surface area contributed by atoms with E-state index < -0.39 is 13.9 Å². The Balaban J connectivity index is 4.23. The molecule has 6 heteroatoms. The SMILES string of the molecule is CC(OCOP(=O)(O)OC(C)C(C)(C)C)C(C)(C)C. The maximum Gasteiger partial charge on any atom is 0.474 e. The largest absolute Gasteiger partial charge is 0.474 e. The highest BCUT2D eigenvalue weighted by atomic mass is 31.2. The van der Waals surface area contributed by atoms with Crippen LogP contribution in [0.5, 0.6) is 0 Å². The Labute approximate surface area is 117 Å². The molecular formula is C13H29O5P. The summed E-state index contributed by atoms with van der Waals surface area (Å²) in [5, 5.41) is 0. The van der Waals surface area contributed by atoms with Crippen molar-refractivity contribution in [3.8, 4) is 0 Å². The topological polar surface area (TPSA) is 65.0 Å². The summed E-state index contributed by atoms with van der Waals surface area (Å²) >= 11 is 0. The van der Waals surface area contributed by atoms with Crippen molar-refractivity contribution in [3.05, 3.63) is 0 Å². The zero-order valence-electron chi connectivity index (χ0n) is 13.4. The highest BCUT2D eigenvalue weighted by Crippen LogP contribution is 2.47. The first-order valence-corrected chi connectivity index (χ1v) is 8.02. The zero-order chi connectivity index (χ0) is 15.5. The molecule has 0 aromatic carbocycles. The van der Waals surface area contributed by atoms with Gasteiger partial charge in [0.2, 0.25) is 0 Å². The minimum absolute atomic E-state index is 0.0532. The number of phosphoric acid groups is 1. The summed E-state index contributed by atoms with van der Waals surface area (Å²) in [6.45, 7) is 15.2. The van der Waals surface area contributed by atoms with E-state index in [4.69, 9.17) is 13.8 Å². The zero-order valence-corrected chi connectivity index (χ0v) is 14.3. The van der Waals surface area contributed by atoms with Crippen LogP contribution in [-0.4, -0.2) is 23.9 Å². The fourth-order valence-electron chi connectivity index (χ4n) is 0.837. The van der Waals surface area contributed by atoms with Gasteiger partial charge in [-0.1, -0.05) is 41.5 Å². The second-order valence-electron chi connectivity index (χ2n) is 7.00. The average Bonchev–Trinajstić information content (AvgIpc) is 2.13. The number of ether oxygens (including phenoxy) is 1. The van der Waals surface area contributed by atoms with Gasteiger partial charge in [0.25, 0.3) is 0 Å². The predicted molar refractivity (Wildman–Crippen MR) is 75.8 cm³/mol. The van der Waals surface area contributed by atoms with E-state index in [1.165, 1.54) is 0 Å². The van der Waals surface area contributed by atoms with Crippen molar-refractivity contribution < 1.29 is 23.2 Å². The molecule has 5 nitrogen and oxygen atoms in total. The second-order valence-corrected chi connectivity index (χ2v) is 8.41. The molecule has 0 bridgehead atoms. The Morgan fingerprint density at radius 2 is 1.42 bits per heavy atom. The van der Waals surface area contributed by atoms with E-state index >= 15 is 0 Å². The van der Waals surface area contributed by atoms with Crippen LogP contribution in [0.25, 0.3) is 0 Å². The maximum atomic E-state index is 11.7. The first-order chi connectivity index (χ1) is 8.26. The molecule has 0 aliphatic carbocycles. The fraction of sp³-hybridized carbons (Fsp3) is 1.00. The Morgan fingerprint density at radius 1 is 1.00 bits per heavy atom. The van der Waals surface area contributed by atoms with Crippen LogP contribution in [0.2, 0.25) is 0 Å². The molecule has 3 unspecified atom stereocenters. The van der Waals surface area contributed by atoms with Gasteiger partial charge < -0.3 is 9.63 Å². The Hall–Kier alpha value is 0.0700. The second kappa shape index (κ2) is 6.68. The maximum absolute atomic E-state index is 11.7. The van der Waals surface area contributed by atoms with Crippen LogP contribution in [0.4, 0.5) is 0 Å². The monoisotopic (exact) mass is 296 g/mol. The van der Waals surface area contributed by atoms with Crippen molar-refractivity contribution in [2.45, 2.75) is 67.6 Å². The van der Waals surface area contributed by atoms with Crippen LogP contribution in [0.15, 0.2) is 0 Å². The average molecular weight is 296 g/mol. The highest BCUT2D eigenvalue weighted by molar-refractivity contribution is 7.47. The van der Waals surface area contributed by atoms with Gasteiger partial charge in [0.1, 0.15) is 0 Å². The van der Waals surface area contributed by atoms with Crippen LogP contribution in [0, 0.1) is 10.8 Å². The third-order valence-electron chi connectivity index (χ3n) is 3.26. The summed E-state index contributed by atoms with van der Waals surface area (Å²) in [4.78, 5) is 9.60. The molecule has 0 heterocycles. The molecule has 0 aromatic heterocycles. The number of hydrogen-bond donors (Lipinski definition) is 1. The summed E-state index contributed by atoms with van der Waals surface area (Å²) in [6.07, 6.45) is -0.490. The van der Waals surface area contributed by atoms with Crippen molar-refractivity contribution in [2.24, 2.45) is 10.8 Å². The summed E-state index contributed by atoms with van der Waals surface area (Å²) in [6, 6.07) is 0. The standard InChI is InChI=1S/C13H29O5P/c1-10(12(3,4)5)16-9-17-19(14,15)18-11(2)13(6,7)8/h10-11H,9H2,1-8H3,(H,14,15). The van der Waals surface area contributed by atoms with Gasteiger partial charge in [0.05, 0.1) is 12.2 Å². The third-order valence-corrected chi connectivity index (χ3v) is 4.28. The van der Waals surface area contributed by atoms with Crippen LogP contribution in [-0.2, 0) is 18.3 Å². The molecule has 0 aliphatic rings. The Bertz CT molecular complexity index is 316. The van der Waals surface area contributed by atoms with Crippen molar-refractivity contribution in [1.82, 2.24) is 0 Å². The lowest BCUT2D eigenvalue weighted by molar-refractivity contribution is -0.0856. The first kappa shape index (κ1) is 19.1. The first-order valence-electron chi connectivity index (χ1n) is 6.53. The minimum Gasteiger partial charge on any atom is -0.351 e. The molecule has 3 atom stereocenters. The van der Waals surface area contributed by atoms with Crippen LogP contribution in [0.3, 0.4) is 0 Å². The van der Waals surface area contributed by atoms with Crippen LogP contribution in [0.1, 0.15) is 55.4 Å². The minimum atomic E-state index is -4.08. The molecular weight excluding hydrogens is 267 g/mol. The summed E-state index contributed by atoms with van der Waals surface area (Å²) in [7, 11) is -4.08. The molecule has 19 heavy (non-hydrogen) atoms. The lowest BCUT2D eigenvalue weighted by Gasteiger charge is -2.29. The fourth-order valence-corrected chi connectivity index (χ4v) is 1.81. The third kappa shape index (κ3) is 8.05. The number of phosphoric ester groups is 1. The molecule has 0 saturated heterocycles. The van der Waals surface area contributed by atoms with Gasteiger partial charge in [0.15, 0.2) is 6.79 Å². The Kier molecular flexibility index (Phi) is 6.71. The summed E-state index contributed by atoms with van der Waals surface area (Å²) in [5.74, 6) is 0. The Morgan fingerprint density at radius 3 is 1.79 bits per heavy atom. The van der Waals surface area contributed by atoms with Crippen LogP contribution >= 0.6 is 7.82 Å². The number of hydrogen-bond acceptors (Lipinski definition) is 4. The lowest BCUT2D eigenvalue weighted by Crippen LogP contribution is -2.28. The van der Waals surface area contributed by atoms with Crippen molar-refractivity contribution in [1.29, 1.82) is 0 Å². The normalized spacial score (nSPS) is 19.8. The van der Waals surface area contributed by atoms with Crippen molar-refractivity contribution in [2.75, 3.05) is 6.79 Å². The van der Waals surface area contributed by atoms with Gasteiger partial charge >= 0.3 is 7.82 Å². The van der Waals surface area contributed by atoms with Gasteiger partial charge in [-0.05, 0) is 24.7 Å². The molecule has 0 spiro atoms. The van der Waals surface area contributed by atoms with E-state index in [2.05, 4.69) is 0 Å². The molecule has 0 aliphatic heterocycles. The summed E-state index contributed by atoms with van der Waals surface area (Å²) < 4.78 is 27.0. The lowest BCUT2D eigenvalue weighted by atomic mass is 9.90. The molecule has 0 rings (SSSR count). The molecule has 0 saturated carbocycles. The van der Waals surface area contributed by atoms with E-state index in [9.17, 15) is 9.46 Å². The highest BCUT2D eigenvalue weighted by Gasteiger charge is 2.31. The van der Waals surface area contributed by atoms with Crippen LogP contribution < -0.4 is 0 Å². The molecule has 1 N–H and O–H groups in total. The summed E-state index contributed by atoms with van der Waals surface area (Å²) in [5.41, 5.74) is -0.288. The van der Waals surface area contributed by atoms with Crippen molar-refractivity contribution in [3.63, 3.8) is 0 Å². The molecule has 0 radical (unpaired) electrons. The van der Waals surface area contributed by atoms with E-state index in [1.54, 1.807) is 6.92 Å². The van der Waals surface area contributed by atoms with Gasteiger partial charge in [-0.15, -0.1) is 0 Å². The van der Waals surface area contributed by atoms with E-state index in [0.717, 1.165) is 0 Å². The predicted octanol–water partition coefficient (Wildman–Crippen LogP) is 3.96. The molecule has 0 fully saturated rings. The van der Waals surface area contributed by atoms with E-state index in [1.807, 2.05) is 48.5 Å². The molecule has 0 amide bonds. The van der Waals surface area contributed by atoms with Gasteiger partial charge in [-0.2, -0.15) is 0 Å². The van der Waals surface area contributed by atoms with Gasteiger partial charge in [0, 0.05) is 0 Å².